The summed E-state index contributed by atoms with van der Waals surface area (Å²) < 4.78 is 9.86. The van der Waals surface area contributed by atoms with Gasteiger partial charge in [0.25, 0.3) is 5.89 Å². The predicted molar refractivity (Wildman–Crippen MR) is 50.6 cm³/mol. The van der Waals surface area contributed by atoms with Crippen molar-refractivity contribution >= 4 is 5.97 Å². The number of carbonyl (C=O) groups excluding carboxylic acids is 1. The van der Waals surface area contributed by atoms with Crippen LogP contribution < -0.4 is 39.4 Å². The Morgan fingerprint density at radius 1 is 1.29 bits per heavy atom. The van der Waals surface area contributed by atoms with Crippen molar-refractivity contribution in [2.24, 2.45) is 0 Å². The van der Waals surface area contributed by atoms with E-state index in [1.165, 1.54) is 0 Å². The molecular formula is C10H7N2NaO4. The van der Waals surface area contributed by atoms with Gasteiger partial charge in [-0.05, 0) is 24.3 Å². The molecule has 0 bridgehead atoms. The zero-order valence-electron chi connectivity index (χ0n) is 9.34. The van der Waals surface area contributed by atoms with Gasteiger partial charge < -0.3 is 19.1 Å². The summed E-state index contributed by atoms with van der Waals surface area (Å²) in [7, 11) is 1.55. The molecule has 82 valence electrons. The molecule has 1 heterocycles. The first-order chi connectivity index (χ1) is 7.70. The van der Waals surface area contributed by atoms with Gasteiger partial charge in [0.2, 0.25) is 5.89 Å². The normalized spacial score (nSPS) is 9.47. The molecule has 0 unspecified atom stereocenters. The maximum absolute atomic E-state index is 10.4. The van der Waals surface area contributed by atoms with Gasteiger partial charge in [0, 0.05) is 5.56 Å². The molecule has 0 saturated carbocycles. The van der Waals surface area contributed by atoms with Crippen molar-refractivity contribution in [3.63, 3.8) is 0 Å². The summed E-state index contributed by atoms with van der Waals surface area (Å²) in [5.74, 6) is -1.22. The molecule has 17 heavy (non-hydrogen) atoms. The topological polar surface area (TPSA) is 88.3 Å². The Bertz CT molecular complexity index is 509. The second-order valence-corrected chi connectivity index (χ2v) is 2.93. The van der Waals surface area contributed by atoms with Gasteiger partial charge in [-0.15, -0.1) is 10.2 Å². The third kappa shape index (κ3) is 3.06. The second-order valence-electron chi connectivity index (χ2n) is 2.93. The van der Waals surface area contributed by atoms with Crippen LogP contribution in [0.5, 0.6) is 5.75 Å². The summed E-state index contributed by atoms with van der Waals surface area (Å²) in [6.07, 6.45) is 0. The van der Waals surface area contributed by atoms with Gasteiger partial charge in [-0.25, -0.2) is 0 Å². The van der Waals surface area contributed by atoms with Crippen LogP contribution in [-0.2, 0) is 0 Å². The average molecular weight is 242 g/mol. The van der Waals surface area contributed by atoms with Gasteiger partial charge >= 0.3 is 29.6 Å². The van der Waals surface area contributed by atoms with Crippen molar-refractivity contribution in [3.05, 3.63) is 30.2 Å². The van der Waals surface area contributed by atoms with E-state index in [0.717, 1.165) is 0 Å². The van der Waals surface area contributed by atoms with Crippen LogP contribution in [0.1, 0.15) is 10.7 Å². The SMILES string of the molecule is COc1ccc(-c2nnc(C(=O)[O-])o2)cc1.[Na+]. The van der Waals surface area contributed by atoms with E-state index in [1.807, 2.05) is 0 Å². The van der Waals surface area contributed by atoms with Gasteiger partial charge in [-0.3, -0.25) is 0 Å². The van der Waals surface area contributed by atoms with E-state index in [0.29, 0.717) is 11.3 Å². The van der Waals surface area contributed by atoms with E-state index >= 15 is 0 Å². The van der Waals surface area contributed by atoms with Crippen LogP contribution in [0.2, 0.25) is 0 Å². The van der Waals surface area contributed by atoms with E-state index in [1.54, 1.807) is 31.4 Å². The van der Waals surface area contributed by atoms with Gasteiger partial charge in [-0.1, -0.05) is 0 Å². The van der Waals surface area contributed by atoms with E-state index in [-0.39, 0.29) is 35.4 Å². The number of hydrogen-bond acceptors (Lipinski definition) is 6. The molecule has 0 aliphatic carbocycles. The molecule has 0 aliphatic heterocycles. The largest absolute Gasteiger partial charge is 1.00 e. The minimum atomic E-state index is -1.49. The van der Waals surface area contributed by atoms with Gasteiger partial charge in [-0.2, -0.15) is 0 Å². The number of aromatic nitrogens is 2. The molecule has 0 atom stereocenters. The van der Waals surface area contributed by atoms with Gasteiger partial charge in [0.1, 0.15) is 11.7 Å². The second kappa shape index (κ2) is 5.81. The molecule has 0 aliphatic rings. The number of aromatic carboxylic acids is 1. The molecule has 2 rings (SSSR count). The van der Waals surface area contributed by atoms with Crippen LogP contribution >= 0.6 is 0 Å². The quantitative estimate of drug-likeness (QED) is 0.537. The summed E-state index contributed by atoms with van der Waals surface area (Å²) in [6.45, 7) is 0. The van der Waals surface area contributed by atoms with E-state index in [9.17, 15) is 9.90 Å². The number of methoxy groups -OCH3 is 1. The standard InChI is InChI=1S/C10H8N2O4.Na/c1-15-7-4-2-6(3-5-7)8-11-12-9(16-8)10(13)14;/h2-5H,1H3,(H,13,14);/q;+1/p-1. The fourth-order valence-corrected chi connectivity index (χ4v) is 1.16. The van der Waals surface area contributed by atoms with E-state index < -0.39 is 11.9 Å². The molecule has 1 aromatic heterocycles. The fourth-order valence-electron chi connectivity index (χ4n) is 1.16. The zero-order valence-corrected chi connectivity index (χ0v) is 11.3. The molecule has 0 radical (unpaired) electrons. The van der Waals surface area contributed by atoms with E-state index in [2.05, 4.69) is 10.2 Å². The first-order valence-electron chi connectivity index (χ1n) is 4.40. The number of carboxylic acids is 1. The van der Waals surface area contributed by atoms with E-state index in [4.69, 9.17) is 9.15 Å². The maximum atomic E-state index is 10.4. The first-order valence-corrected chi connectivity index (χ1v) is 4.40. The van der Waals surface area contributed by atoms with Crippen molar-refractivity contribution in [2.75, 3.05) is 7.11 Å². The summed E-state index contributed by atoms with van der Waals surface area (Å²) >= 11 is 0. The molecule has 0 saturated heterocycles. The Morgan fingerprint density at radius 2 is 1.94 bits per heavy atom. The monoisotopic (exact) mass is 242 g/mol. The van der Waals surface area contributed by atoms with Gasteiger partial charge in [0.05, 0.1) is 7.11 Å². The molecule has 0 amide bonds. The molecule has 2 aromatic rings. The number of nitrogens with zero attached hydrogens (tertiary/aromatic N) is 2. The molecular weight excluding hydrogens is 235 g/mol. The minimum absolute atomic E-state index is 0. The molecule has 1 aromatic carbocycles. The Kier molecular flexibility index (Phi) is 4.68. The molecule has 0 fully saturated rings. The third-order valence-electron chi connectivity index (χ3n) is 1.94. The smallest absolute Gasteiger partial charge is 0.540 e. The van der Waals surface area contributed by atoms with Crippen molar-refractivity contribution in [1.82, 2.24) is 10.2 Å². The average Bonchev–Trinajstić information content (AvgIpc) is 2.78. The Labute approximate surface area is 119 Å². The number of carboxylic acid groups (broad SMARTS) is 1. The molecule has 7 heteroatoms. The number of benzene rings is 1. The van der Waals surface area contributed by atoms with Crippen LogP contribution in [0, 0.1) is 0 Å². The van der Waals surface area contributed by atoms with Crippen LogP contribution in [0.3, 0.4) is 0 Å². The molecule has 0 spiro atoms. The fraction of sp³-hybridized carbons (Fsp3) is 0.100. The Morgan fingerprint density at radius 3 is 2.41 bits per heavy atom. The third-order valence-corrected chi connectivity index (χ3v) is 1.94. The molecule has 6 nitrogen and oxygen atoms in total. The van der Waals surface area contributed by atoms with Crippen molar-refractivity contribution < 1.29 is 48.6 Å². The number of ether oxygens (including phenoxy) is 1. The van der Waals surface area contributed by atoms with Crippen LogP contribution in [0.15, 0.2) is 28.7 Å². The van der Waals surface area contributed by atoms with Crippen LogP contribution in [0.4, 0.5) is 0 Å². The van der Waals surface area contributed by atoms with Crippen molar-refractivity contribution in [2.45, 2.75) is 0 Å². The van der Waals surface area contributed by atoms with Crippen molar-refractivity contribution in [1.29, 1.82) is 0 Å². The summed E-state index contributed by atoms with van der Waals surface area (Å²) in [5, 5.41) is 17.3. The zero-order chi connectivity index (χ0) is 11.5. The van der Waals surface area contributed by atoms with Crippen LogP contribution in [-0.4, -0.2) is 23.3 Å². The first kappa shape index (κ1) is 13.7. The Hall–Kier alpha value is -1.37. The summed E-state index contributed by atoms with van der Waals surface area (Å²) in [4.78, 5) is 10.4. The summed E-state index contributed by atoms with van der Waals surface area (Å²) in [6, 6.07) is 6.78. The number of rotatable bonds is 3. The van der Waals surface area contributed by atoms with Gasteiger partial charge in [0.15, 0.2) is 0 Å². The summed E-state index contributed by atoms with van der Waals surface area (Å²) in [5.41, 5.74) is 0.612. The Balaban J connectivity index is 0.00000144. The minimum Gasteiger partial charge on any atom is -0.540 e. The van der Waals surface area contributed by atoms with Crippen LogP contribution in [0.25, 0.3) is 11.5 Å². The maximum Gasteiger partial charge on any atom is 1.00 e. The predicted octanol–water partition coefficient (Wildman–Crippen LogP) is -2.89. The number of hydrogen-bond donors (Lipinski definition) is 0. The number of carbonyl (C=O) groups is 1. The molecule has 0 N–H and O–H groups in total. The van der Waals surface area contributed by atoms with Crippen molar-refractivity contribution in [3.8, 4) is 17.2 Å².